The molecule has 0 aromatic rings. The molecule has 0 aromatic heterocycles. The zero-order valence-electron chi connectivity index (χ0n) is 4.90. The molecule has 0 amide bonds. The molecule has 0 fully saturated rings. The van der Waals surface area contributed by atoms with Gasteiger partial charge in [0.15, 0.2) is 0 Å². The summed E-state index contributed by atoms with van der Waals surface area (Å²) in [6.45, 7) is 0. The molecule has 0 nitrogen and oxygen atoms in total. The summed E-state index contributed by atoms with van der Waals surface area (Å²) >= 11 is 11.2. The van der Waals surface area contributed by atoms with Crippen molar-refractivity contribution in [2.75, 3.05) is 5.88 Å². The maximum atomic E-state index is 5.73. The normalized spacial score (nSPS) is 15.2. The highest BCUT2D eigenvalue weighted by molar-refractivity contribution is 6.24. The van der Waals surface area contributed by atoms with Gasteiger partial charge >= 0.3 is 0 Å². The van der Waals surface area contributed by atoms with Crippen LogP contribution in [0.5, 0.6) is 0 Å². The minimum absolute atomic E-state index is 0.157. The number of hydrogen-bond donors (Lipinski definition) is 0. The predicted octanol–water partition coefficient (Wildman–Crippen LogP) is 1.10. The largest absolute Gasteiger partial charge is 0.127 e. The molecule has 8 heavy (non-hydrogen) atoms. The fourth-order valence-corrected chi connectivity index (χ4v) is 1.72. The van der Waals surface area contributed by atoms with Crippen molar-refractivity contribution in [2.24, 2.45) is 0 Å². The molecule has 0 heterocycles. The summed E-state index contributed by atoms with van der Waals surface area (Å²) in [4.78, 5) is 0. The highest BCUT2D eigenvalue weighted by Crippen LogP contribution is 2.03. The summed E-state index contributed by atoms with van der Waals surface area (Å²) in [5.74, 6) is 0.653. The SMILES string of the molecule is [SiH3]C=CC(Cl)CCCl. The van der Waals surface area contributed by atoms with Crippen LogP contribution in [0.15, 0.2) is 11.8 Å². The summed E-state index contributed by atoms with van der Waals surface area (Å²) in [6, 6.07) is 0. The summed E-state index contributed by atoms with van der Waals surface area (Å²) in [6.07, 6.45) is 2.87. The Morgan fingerprint density at radius 2 is 2.25 bits per heavy atom. The van der Waals surface area contributed by atoms with Crippen molar-refractivity contribution in [1.29, 1.82) is 0 Å². The molecule has 0 saturated heterocycles. The van der Waals surface area contributed by atoms with Crippen LogP contribution in [-0.4, -0.2) is 21.5 Å². The molecule has 0 N–H and O–H groups in total. The van der Waals surface area contributed by atoms with Crippen molar-refractivity contribution in [3.05, 3.63) is 11.8 Å². The summed E-state index contributed by atoms with van der Waals surface area (Å²) in [5, 5.41) is 0.157. The van der Waals surface area contributed by atoms with Gasteiger partial charge in [-0.2, -0.15) is 0 Å². The Hall–Kier alpha value is 0.537. The van der Waals surface area contributed by atoms with E-state index in [0.717, 1.165) is 16.7 Å². The first kappa shape index (κ1) is 8.54. The Labute approximate surface area is 63.3 Å². The average Bonchev–Trinajstić information content (AvgIpc) is 1.68. The van der Waals surface area contributed by atoms with E-state index < -0.39 is 0 Å². The number of alkyl halides is 2. The molecule has 0 saturated carbocycles. The Morgan fingerprint density at radius 1 is 1.62 bits per heavy atom. The fraction of sp³-hybridized carbons (Fsp3) is 0.600. The zero-order valence-corrected chi connectivity index (χ0v) is 8.41. The summed E-state index contributed by atoms with van der Waals surface area (Å²) in [5.41, 5.74) is 2.07. The van der Waals surface area contributed by atoms with Crippen LogP contribution in [0.3, 0.4) is 0 Å². The Kier molecular flexibility index (Phi) is 6.05. The number of halogens is 2. The van der Waals surface area contributed by atoms with Crippen molar-refractivity contribution in [1.82, 2.24) is 0 Å². The molecule has 0 aliphatic carbocycles. The molecular weight excluding hydrogens is 159 g/mol. The van der Waals surface area contributed by atoms with E-state index in [1.54, 1.807) is 0 Å². The minimum Gasteiger partial charge on any atom is -0.127 e. The van der Waals surface area contributed by atoms with E-state index in [0.29, 0.717) is 5.88 Å². The molecule has 0 aliphatic rings. The molecule has 48 valence electrons. The molecule has 0 spiro atoms. The minimum atomic E-state index is 0.157. The second-order valence-corrected chi connectivity index (χ2v) is 3.12. The first-order chi connectivity index (χ1) is 3.81. The highest BCUT2D eigenvalue weighted by Gasteiger charge is 1.94. The lowest BCUT2D eigenvalue weighted by Crippen LogP contribution is -1.92. The number of allylic oxidation sites excluding steroid dienone is 1. The van der Waals surface area contributed by atoms with Crippen LogP contribution >= 0.6 is 23.2 Å². The van der Waals surface area contributed by atoms with Crippen LogP contribution < -0.4 is 0 Å². The topological polar surface area (TPSA) is 0 Å². The van der Waals surface area contributed by atoms with Crippen molar-refractivity contribution < 1.29 is 0 Å². The van der Waals surface area contributed by atoms with Gasteiger partial charge in [0.05, 0.1) is 5.38 Å². The first-order valence-electron chi connectivity index (χ1n) is 2.64. The van der Waals surface area contributed by atoms with E-state index in [-0.39, 0.29) is 5.38 Å². The molecule has 1 atom stereocenters. The molecule has 0 bridgehead atoms. The van der Waals surface area contributed by atoms with Crippen LogP contribution in [0.2, 0.25) is 0 Å². The molecule has 0 rings (SSSR count). The molecule has 0 aromatic carbocycles. The van der Waals surface area contributed by atoms with E-state index in [2.05, 4.69) is 5.70 Å². The summed E-state index contributed by atoms with van der Waals surface area (Å²) < 4.78 is 0. The maximum Gasteiger partial charge on any atom is 0.0523 e. The molecule has 0 radical (unpaired) electrons. The predicted molar refractivity (Wildman–Crippen MR) is 44.1 cm³/mol. The second kappa shape index (κ2) is 5.67. The van der Waals surface area contributed by atoms with E-state index in [4.69, 9.17) is 23.2 Å². The van der Waals surface area contributed by atoms with Crippen LogP contribution in [0.4, 0.5) is 0 Å². The van der Waals surface area contributed by atoms with Crippen molar-refractivity contribution in [3.63, 3.8) is 0 Å². The smallest absolute Gasteiger partial charge is 0.0523 e. The van der Waals surface area contributed by atoms with Crippen molar-refractivity contribution in [3.8, 4) is 0 Å². The average molecular weight is 169 g/mol. The maximum absolute atomic E-state index is 5.73. The van der Waals surface area contributed by atoms with Gasteiger partial charge < -0.3 is 0 Å². The van der Waals surface area contributed by atoms with Crippen molar-refractivity contribution >= 4 is 33.4 Å². The lowest BCUT2D eigenvalue weighted by molar-refractivity contribution is 0.976. The monoisotopic (exact) mass is 168 g/mol. The van der Waals surface area contributed by atoms with Gasteiger partial charge in [-0.3, -0.25) is 0 Å². The standard InChI is InChI=1S/C5H10Cl2Si/c6-3-1-5(7)2-4-8/h2,4-5H,1,3H2,8H3. The third-order valence-corrected chi connectivity index (χ3v) is 1.75. The van der Waals surface area contributed by atoms with E-state index in [1.165, 1.54) is 0 Å². The number of rotatable bonds is 3. The Balaban J connectivity index is 3.17. The fourth-order valence-electron chi connectivity index (χ4n) is 0.409. The van der Waals surface area contributed by atoms with E-state index in [1.807, 2.05) is 6.08 Å². The van der Waals surface area contributed by atoms with Gasteiger partial charge in [-0.1, -0.05) is 6.08 Å². The molecular formula is C5H10Cl2Si. The number of hydrogen-bond acceptors (Lipinski definition) is 0. The van der Waals surface area contributed by atoms with Gasteiger partial charge in [-0.05, 0) is 6.42 Å². The lowest BCUT2D eigenvalue weighted by atomic mass is 10.3. The third-order valence-electron chi connectivity index (χ3n) is 0.786. The van der Waals surface area contributed by atoms with Gasteiger partial charge in [0.1, 0.15) is 0 Å². The molecule has 3 heteroatoms. The second-order valence-electron chi connectivity index (χ2n) is 1.52. The van der Waals surface area contributed by atoms with Crippen LogP contribution in [0.1, 0.15) is 6.42 Å². The van der Waals surface area contributed by atoms with Gasteiger partial charge in [0.2, 0.25) is 0 Å². The van der Waals surface area contributed by atoms with E-state index >= 15 is 0 Å². The molecule has 0 aliphatic heterocycles. The van der Waals surface area contributed by atoms with Crippen molar-refractivity contribution in [2.45, 2.75) is 11.8 Å². The third kappa shape index (κ3) is 4.69. The van der Waals surface area contributed by atoms with Crippen LogP contribution in [0.25, 0.3) is 0 Å². The van der Waals surface area contributed by atoms with Crippen LogP contribution in [0, 0.1) is 0 Å². The van der Waals surface area contributed by atoms with Gasteiger partial charge in [0.25, 0.3) is 0 Å². The van der Waals surface area contributed by atoms with Gasteiger partial charge in [-0.15, -0.1) is 28.9 Å². The lowest BCUT2D eigenvalue weighted by Gasteiger charge is -1.96. The summed E-state index contributed by atoms with van der Waals surface area (Å²) in [7, 11) is 1.09. The molecule has 1 unspecified atom stereocenters. The van der Waals surface area contributed by atoms with E-state index in [9.17, 15) is 0 Å². The Morgan fingerprint density at radius 3 is 2.62 bits per heavy atom. The first-order valence-corrected chi connectivity index (χ1v) is 4.76. The van der Waals surface area contributed by atoms with Gasteiger partial charge in [0, 0.05) is 16.1 Å². The van der Waals surface area contributed by atoms with Crippen LogP contribution in [-0.2, 0) is 0 Å². The van der Waals surface area contributed by atoms with Gasteiger partial charge in [-0.25, -0.2) is 0 Å². The zero-order chi connectivity index (χ0) is 6.41. The Bertz CT molecular complexity index is 72.8. The highest BCUT2D eigenvalue weighted by atomic mass is 35.5. The quantitative estimate of drug-likeness (QED) is 0.438.